The number of aromatic amines is 1. The number of nitrogens with one attached hydrogen (secondary N) is 2. The average Bonchev–Trinajstić information content (AvgIpc) is 3.15. The number of hydrogen-bond acceptors (Lipinski definition) is 4. The molecule has 3 aromatic carbocycles. The van der Waals surface area contributed by atoms with Crippen LogP contribution in [0.25, 0.3) is 32.9 Å². The maximum Gasteiger partial charge on any atom is 0.253 e. The summed E-state index contributed by atoms with van der Waals surface area (Å²) in [7, 11) is 5.26. The molecule has 0 fully saturated rings. The standard InChI is InChI=1S/C25H25FN4O3/c1-30(2)9-8-28-25(32)19-12-16(14-5-7-22(33-3)20(26)13-14)11-18-17-10-15(24(27)31)4-6-21(17)29-23(18)19/h4-7,10-13,29H,8-9H2,1-3H3,(H2,27,31)(H,28,32). The van der Waals surface area contributed by atoms with Crippen LogP contribution in [0.2, 0.25) is 0 Å². The monoisotopic (exact) mass is 448 g/mol. The lowest BCUT2D eigenvalue weighted by molar-refractivity contribution is 0.0951. The van der Waals surface area contributed by atoms with Crippen molar-refractivity contribution in [2.45, 2.75) is 0 Å². The Morgan fingerprint density at radius 1 is 1.06 bits per heavy atom. The first-order valence-corrected chi connectivity index (χ1v) is 10.4. The van der Waals surface area contributed by atoms with E-state index in [1.807, 2.05) is 25.1 Å². The van der Waals surface area contributed by atoms with Crippen molar-refractivity contribution in [2.75, 3.05) is 34.3 Å². The quantitative estimate of drug-likeness (QED) is 0.403. The lowest BCUT2D eigenvalue weighted by Crippen LogP contribution is -2.31. The van der Waals surface area contributed by atoms with Gasteiger partial charge in [0, 0.05) is 34.9 Å². The van der Waals surface area contributed by atoms with Gasteiger partial charge < -0.3 is 25.7 Å². The average molecular weight is 448 g/mol. The summed E-state index contributed by atoms with van der Waals surface area (Å²) in [6.45, 7) is 1.16. The van der Waals surface area contributed by atoms with Crippen LogP contribution in [0.4, 0.5) is 4.39 Å². The normalized spacial score (nSPS) is 11.3. The van der Waals surface area contributed by atoms with E-state index in [1.54, 1.807) is 36.4 Å². The third-order valence-corrected chi connectivity index (χ3v) is 5.57. The Hall–Kier alpha value is -3.91. The Balaban J connectivity index is 1.91. The van der Waals surface area contributed by atoms with Gasteiger partial charge in [-0.25, -0.2) is 4.39 Å². The largest absolute Gasteiger partial charge is 0.494 e. The first kappa shape index (κ1) is 22.3. The molecule has 0 aliphatic heterocycles. The third-order valence-electron chi connectivity index (χ3n) is 5.57. The molecule has 33 heavy (non-hydrogen) atoms. The van der Waals surface area contributed by atoms with Gasteiger partial charge in [-0.3, -0.25) is 9.59 Å². The number of hydrogen-bond donors (Lipinski definition) is 3. The number of H-pyrrole nitrogens is 1. The molecule has 7 nitrogen and oxygen atoms in total. The molecular weight excluding hydrogens is 423 g/mol. The van der Waals surface area contributed by atoms with Gasteiger partial charge in [0.05, 0.1) is 18.2 Å². The predicted octanol–water partition coefficient (Wildman–Crippen LogP) is 3.53. The van der Waals surface area contributed by atoms with Crippen molar-refractivity contribution in [1.82, 2.24) is 15.2 Å². The molecule has 0 bridgehead atoms. The number of fused-ring (bicyclic) bond motifs is 3. The highest BCUT2D eigenvalue weighted by Gasteiger charge is 2.18. The topological polar surface area (TPSA) is 100 Å². The van der Waals surface area contributed by atoms with E-state index in [0.717, 1.165) is 16.3 Å². The van der Waals surface area contributed by atoms with Crippen LogP contribution in [0.5, 0.6) is 5.75 Å². The minimum absolute atomic E-state index is 0.139. The zero-order valence-corrected chi connectivity index (χ0v) is 18.7. The summed E-state index contributed by atoms with van der Waals surface area (Å²) in [5.74, 6) is -1.15. The molecule has 4 N–H and O–H groups in total. The molecule has 0 aliphatic carbocycles. The van der Waals surface area contributed by atoms with Gasteiger partial charge in [0.25, 0.3) is 5.91 Å². The number of benzene rings is 3. The van der Waals surface area contributed by atoms with Gasteiger partial charge in [-0.15, -0.1) is 0 Å². The van der Waals surface area contributed by atoms with Crippen LogP contribution in [-0.2, 0) is 0 Å². The Morgan fingerprint density at radius 2 is 1.85 bits per heavy atom. The zero-order valence-electron chi connectivity index (χ0n) is 18.7. The number of carbonyl (C=O) groups excluding carboxylic acids is 2. The van der Waals surface area contributed by atoms with Gasteiger partial charge >= 0.3 is 0 Å². The molecule has 1 heterocycles. The molecule has 0 aliphatic rings. The van der Waals surface area contributed by atoms with Crippen molar-refractivity contribution in [1.29, 1.82) is 0 Å². The molecule has 8 heteroatoms. The van der Waals surface area contributed by atoms with Gasteiger partial charge in [0.1, 0.15) is 0 Å². The van der Waals surface area contributed by atoms with Crippen molar-refractivity contribution in [2.24, 2.45) is 5.73 Å². The molecule has 170 valence electrons. The van der Waals surface area contributed by atoms with E-state index < -0.39 is 11.7 Å². The lowest BCUT2D eigenvalue weighted by atomic mass is 9.98. The van der Waals surface area contributed by atoms with Gasteiger partial charge in [-0.2, -0.15) is 0 Å². The van der Waals surface area contributed by atoms with Gasteiger partial charge in [-0.05, 0) is 67.7 Å². The molecule has 0 saturated heterocycles. The second kappa shape index (κ2) is 8.91. The molecule has 0 radical (unpaired) electrons. The van der Waals surface area contributed by atoms with Crippen molar-refractivity contribution < 1.29 is 18.7 Å². The van der Waals surface area contributed by atoms with Crippen LogP contribution in [0.15, 0.2) is 48.5 Å². The smallest absolute Gasteiger partial charge is 0.253 e. The van der Waals surface area contributed by atoms with E-state index in [4.69, 9.17) is 10.5 Å². The molecule has 0 spiro atoms. The Labute approximate surface area is 190 Å². The van der Waals surface area contributed by atoms with Gasteiger partial charge in [0.2, 0.25) is 5.91 Å². The van der Waals surface area contributed by atoms with Crippen molar-refractivity contribution in [3.8, 4) is 16.9 Å². The number of ether oxygens (including phenoxy) is 1. The molecule has 0 saturated carbocycles. The van der Waals surface area contributed by atoms with Gasteiger partial charge in [0.15, 0.2) is 11.6 Å². The Bertz CT molecular complexity index is 1380. The van der Waals surface area contributed by atoms with Crippen LogP contribution in [0.3, 0.4) is 0 Å². The number of primary amides is 1. The summed E-state index contributed by atoms with van der Waals surface area (Å²) >= 11 is 0. The highest BCUT2D eigenvalue weighted by atomic mass is 19.1. The van der Waals surface area contributed by atoms with E-state index in [0.29, 0.717) is 40.9 Å². The minimum atomic E-state index is -0.540. The number of carbonyl (C=O) groups is 2. The van der Waals surface area contributed by atoms with E-state index in [9.17, 15) is 14.0 Å². The predicted molar refractivity (Wildman–Crippen MR) is 127 cm³/mol. The molecule has 2 amide bonds. The number of amides is 2. The molecule has 4 rings (SSSR count). The highest BCUT2D eigenvalue weighted by molar-refractivity contribution is 6.17. The molecule has 1 aromatic heterocycles. The molecular formula is C25H25FN4O3. The van der Waals surface area contributed by atoms with Gasteiger partial charge in [-0.1, -0.05) is 6.07 Å². The maximum absolute atomic E-state index is 14.4. The fraction of sp³-hybridized carbons (Fsp3) is 0.200. The third kappa shape index (κ3) is 4.38. The van der Waals surface area contributed by atoms with Crippen LogP contribution < -0.4 is 15.8 Å². The second-order valence-electron chi connectivity index (χ2n) is 8.10. The fourth-order valence-electron chi connectivity index (χ4n) is 3.83. The highest BCUT2D eigenvalue weighted by Crippen LogP contribution is 2.34. The molecule has 0 atom stereocenters. The number of nitrogens with zero attached hydrogens (tertiary/aromatic N) is 1. The van der Waals surface area contributed by atoms with Crippen LogP contribution in [0, 0.1) is 5.82 Å². The number of likely N-dealkylation sites (N-methyl/N-ethyl adjacent to an activating group) is 1. The first-order chi connectivity index (χ1) is 15.8. The summed E-state index contributed by atoms with van der Waals surface area (Å²) in [6, 6.07) is 13.4. The van der Waals surface area contributed by atoms with Crippen molar-refractivity contribution in [3.05, 3.63) is 65.5 Å². The maximum atomic E-state index is 14.4. The summed E-state index contributed by atoms with van der Waals surface area (Å²) < 4.78 is 19.4. The lowest BCUT2D eigenvalue weighted by Gasteiger charge is -2.12. The fourth-order valence-corrected chi connectivity index (χ4v) is 3.83. The van der Waals surface area contributed by atoms with E-state index in [-0.39, 0.29) is 11.7 Å². The summed E-state index contributed by atoms with van der Waals surface area (Å²) in [4.78, 5) is 30.1. The van der Waals surface area contributed by atoms with Crippen molar-refractivity contribution >= 4 is 33.6 Å². The second-order valence-corrected chi connectivity index (χ2v) is 8.10. The zero-order chi connectivity index (χ0) is 23.7. The number of rotatable bonds is 7. The Morgan fingerprint density at radius 3 is 2.52 bits per heavy atom. The van der Waals surface area contributed by atoms with Crippen molar-refractivity contribution in [3.63, 3.8) is 0 Å². The number of halogens is 1. The number of nitrogens with two attached hydrogens (primary N) is 1. The van der Waals surface area contributed by atoms with E-state index in [1.165, 1.54) is 13.2 Å². The minimum Gasteiger partial charge on any atom is -0.494 e. The Kier molecular flexibility index (Phi) is 6.02. The number of methoxy groups -OCH3 is 1. The summed E-state index contributed by atoms with van der Waals surface area (Å²) in [6.07, 6.45) is 0. The molecule has 4 aromatic rings. The van der Waals surface area contributed by atoms with Crippen LogP contribution in [0.1, 0.15) is 20.7 Å². The van der Waals surface area contributed by atoms with E-state index in [2.05, 4.69) is 10.3 Å². The summed E-state index contributed by atoms with van der Waals surface area (Å²) in [5.41, 5.74) is 8.90. The van der Waals surface area contributed by atoms with Crippen LogP contribution in [-0.4, -0.2) is 56.0 Å². The van der Waals surface area contributed by atoms with Crippen LogP contribution >= 0.6 is 0 Å². The SMILES string of the molecule is COc1ccc(-c2cc(C(=O)NCCN(C)C)c3[nH]c4ccc(C(N)=O)cc4c3c2)cc1F. The summed E-state index contributed by atoms with van der Waals surface area (Å²) in [5, 5.41) is 4.42. The van der Waals surface area contributed by atoms with E-state index >= 15 is 0 Å². The molecule has 0 unspecified atom stereocenters. The first-order valence-electron chi connectivity index (χ1n) is 10.4. The number of aromatic nitrogens is 1.